The molecule has 0 aromatic heterocycles. The summed E-state index contributed by atoms with van der Waals surface area (Å²) in [5, 5.41) is 2.54. The first-order chi connectivity index (χ1) is 8.06. The van der Waals surface area contributed by atoms with E-state index in [-0.39, 0.29) is 17.9 Å². The fourth-order valence-electron chi connectivity index (χ4n) is 1.57. The molecular formula is C12H16F2N2O. The summed E-state index contributed by atoms with van der Waals surface area (Å²) in [5.74, 6) is -1.57. The molecule has 1 atom stereocenters. The van der Waals surface area contributed by atoms with Crippen molar-refractivity contribution in [1.82, 2.24) is 5.32 Å². The number of nitrogens with one attached hydrogen (secondary N) is 1. The third-order valence-corrected chi connectivity index (χ3v) is 2.42. The maximum Gasteiger partial charge on any atom is 0.220 e. The Morgan fingerprint density at radius 1 is 1.41 bits per heavy atom. The van der Waals surface area contributed by atoms with E-state index in [1.54, 1.807) is 6.92 Å². The number of rotatable bonds is 5. The molecule has 1 unspecified atom stereocenters. The normalized spacial score (nSPS) is 12.2. The Morgan fingerprint density at radius 3 is 2.53 bits per heavy atom. The van der Waals surface area contributed by atoms with Gasteiger partial charge in [0.15, 0.2) is 0 Å². The van der Waals surface area contributed by atoms with Crippen molar-refractivity contribution >= 4 is 5.91 Å². The molecule has 1 amide bonds. The molecule has 1 rings (SSSR count). The van der Waals surface area contributed by atoms with Gasteiger partial charge >= 0.3 is 0 Å². The number of hydrogen-bond donors (Lipinski definition) is 2. The number of hydrogen-bond acceptors (Lipinski definition) is 2. The van der Waals surface area contributed by atoms with Crippen LogP contribution in [0.4, 0.5) is 8.78 Å². The molecule has 0 spiro atoms. The number of carbonyl (C=O) groups is 1. The molecule has 1 aromatic rings. The lowest BCUT2D eigenvalue weighted by molar-refractivity contribution is -0.121. The van der Waals surface area contributed by atoms with Crippen LogP contribution in [0.5, 0.6) is 0 Å². The highest BCUT2D eigenvalue weighted by Crippen LogP contribution is 2.20. The molecule has 0 fully saturated rings. The molecule has 0 heterocycles. The lowest BCUT2D eigenvalue weighted by Crippen LogP contribution is -2.28. The maximum absolute atomic E-state index is 13.4. The first kappa shape index (κ1) is 13.6. The molecule has 1 aromatic carbocycles. The minimum atomic E-state index is -0.693. The molecular weight excluding hydrogens is 226 g/mol. The minimum absolute atomic E-state index is 0.117. The number of carbonyl (C=O) groups excluding carboxylic acids is 1. The van der Waals surface area contributed by atoms with Crippen molar-refractivity contribution in [3.63, 3.8) is 0 Å². The number of benzene rings is 1. The predicted octanol–water partition coefficient (Wildman–Crippen LogP) is 1.88. The Balaban J connectivity index is 2.69. The lowest BCUT2D eigenvalue weighted by atomic mass is 10.1. The van der Waals surface area contributed by atoms with Crippen LogP contribution < -0.4 is 11.1 Å². The lowest BCUT2D eigenvalue weighted by Gasteiger charge is -2.15. The topological polar surface area (TPSA) is 55.1 Å². The molecule has 0 saturated heterocycles. The third kappa shape index (κ3) is 3.78. The highest BCUT2D eigenvalue weighted by Gasteiger charge is 2.17. The van der Waals surface area contributed by atoms with Crippen molar-refractivity contribution in [3.05, 3.63) is 35.4 Å². The molecule has 0 aliphatic carbocycles. The molecule has 0 aliphatic heterocycles. The monoisotopic (exact) mass is 242 g/mol. The van der Waals surface area contributed by atoms with Crippen molar-refractivity contribution in [3.8, 4) is 0 Å². The van der Waals surface area contributed by atoms with Crippen LogP contribution in [0, 0.1) is 11.6 Å². The summed E-state index contributed by atoms with van der Waals surface area (Å²) < 4.78 is 26.8. The summed E-state index contributed by atoms with van der Waals surface area (Å²) in [6.07, 6.45) is 0.815. The maximum atomic E-state index is 13.4. The minimum Gasteiger partial charge on any atom is -0.349 e. The molecule has 0 bridgehead atoms. The van der Waals surface area contributed by atoms with Crippen LogP contribution in [0.3, 0.4) is 0 Å². The zero-order chi connectivity index (χ0) is 12.8. The van der Waals surface area contributed by atoms with Crippen LogP contribution in [-0.4, -0.2) is 12.5 Å². The summed E-state index contributed by atoms with van der Waals surface area (Å²) in [4.78, 5) is 11.4. The van der Waals surface area contributed by atoms with Crippen molar-refractivity contribution < 1.29 is 13.6 Å². The van der Waals surface area contributed by atoms with Gasteiger partial charge in [-0.3, -0.25) is 4.79 Å². The van der Waals surface area contributed by atoms with Crippen LogP contribution in [0.25, 0.3) is 0 Å². The largest absolute Gasteiger partial charge is 0.349 e. The number of halogens is 2. The SMILES string of the molecule is CC(NC(=O)CCCN)c1c(F)cccc1F. The van der Waals surface area contributed by atoms with Crippen molar-refractivity contribution in [1.29, 1.82) is 0 Å². The van der Waals surface area contributed by atoms with E-state index < -0.39 is 17.7 Å². The highest BCUT2D eigenvalue weighted by molar-refractivity contribution is 5.76. The first-order valence-corrected chi connectivity index (χ1v) is 5.49. The van der Waals surface area contributed by atoms with Gasteiger partial charge in [-0.15, -0.1) is 0 Å². The van der Waals surface area contributed by atoms with Gasteiger partial charge in [-0.25, -0.2) is 8.78 Å². The molecule has 17 heavy (non-hydrogen) atoms. The molecule has 3 nitrogen and oxygen atoms in total. The molecule has 94 valence electrons. The van der Waals surface area contributed by atoms with Gasteiger partial charge < -0.3 is 11.1 Å². The van der Waals surface area contributed by atoms with Gasteiger partial charge in [0.25, 0.3) is 0 Å². The van der Waals surface area contributed by atoms with E-state index in [9.17, 15) is 13.6 Å². The van der Waals surface area contributed by atoms with E-state index in [0.29, 0.717) is 13.0 Å². The van der Waals surface area contributed by atoms with Gasteiger partial charge in [-0.05, 0) is 32.0 Å². The van der Waals surface area contributed by atoms with Crippen LogP contribution in [-0.2, 0) is 4.79 Å². The summed E-state index contributed by atoms with van der Waals surface area (Å²) in [6.45, 7) is 1.96. The zero-order valence-electron chi connectivity index (χ0n) is 9.67. The standard InChI is InChI=1S/C12H16F2N2O/c1-8(16-11(17)6-3-7-15)12-9(13)4-2-5-10(12)14/h2,4-5,8H,3,6-7,15H2,1H3,(H,16,17). The Kier molecular flexibility index (Phi) is 5.03. The second-order valence-electron chi connectivity index (χ2n) is 3.82. The average molecular weight is 242 g/mol. The van der Waals surface area contributed by atoms with Gasteiger partial charge in [-0.1, -0.05) is 6.07 Å². The number of nitrogens with two attached hydrogens (primary N) is 1. The van der Waals surface area contributed by atoms with Crippen LogP contribution in [0.2, 0.25) is 0 Å². The predicted molar refractivity (Wildman–Crippen MR) is 61.2 cm³/mol. The molecule has 0 saturated carbocycles. The van der Waals surface area contributed by atoms with Gasteiger partial charge in [0.05, 0.1) is 6.04 Å². The average Bonchev–Trinajstić information content (AvgIpc) is 2.26. The summed E-state index contributed by atoms with van der Waals surface area (Å²) in [6, 6.07) is 2.93. The van der Waals surface area contributed by atoms with Crippen molar-refractivity contribution in [2.45, 2.75) is 25.8 Å². The van der Waals surface area contributed by atoms with E-state index >= 15 is 0 Å². The van der Waals surface area contributed by atoms with Crippen molar-refractivity contribution in [2.24, 2.45) is 5.73 Å². The Morgan fingerprint density at radius 2 is 2.00 bits per heavy atom. The van der Waals surface area contributed by atoms with Gasteiger partial charge in [-0.2, -0.15) is 0 Å². The van der Waals surface area contributed by atoms with Gasteiger partial charge in [0.2, 0.25) is 5.91 Å². The van der Waals surface area contributed by atoms with Crippen LogP contribution in [0.15, 0.2) is 18.2 Å². The fourth-order valence-corrected chi connectivity index (χ4v) is 1.57. The smallest absolute Gasteiger partial charge is 0.220 e. The molecule has 3 N–H and O–H groups in total. The first-order valence-electron chi connectivity index (χ1n) is 5.49. The second-order valence-corrected chi connectivity index (χ2v) is 3.82. The Labute approximate surface area is 99.0 Å². The number of amides is 1. The van der Waals surface area contributed by atoms with E-state index in [1.807, 2.05) is 0 Å². The van der Waals surface area contributed by atoms with E-state index in [1.165, 1.54) is 18.2 Å². The zero-order valence-corrected chi connectivity index (χ0v) is 9.67. The molecule has 0 aliphatic rings. The summed E-state index contributed by atoms with van der Waals surface area (Å²) in [7, 11) is 0. The van der Waals surface area contributed by atoms with Crippen molar-refractivity contribution in [2.75, 3.05) is 6.54 Å². The summed E-state index contributed by atoms with van der Waals surface area (Å²) >= 11 is 0. The third-order valence-electron chi connectivity index (χ3n) is 2.42. The van der Waals surface area contributed by atoms with E-state index in [4.69, 9.17) is 5.73 Å². The van der Waals surface area contributed by atoms with Gasteiger partial charge in [0, 0.05) is 12.0 Å². The Bertz CT molecular complexity index is 376. The van der Waals surface area contributed by atoms with E-state index in [0.717, 1.165) is 0 Å². The highest BCUT2D eigenvalue weighted by atomic mass is 19.1. The quantitative estimate of drug-likeness (QED) is 0.828. The summed E-state index contributed by atoms with van der Waals surface area (Å²) in [5.41, 5.74) is 5.15. The van der Waals surface area contributed by atoms with E-state index in [2.05, 4.69) is 5.32 Å². The Hall–Kier alpha value is -1.49. The fraction of sp³-hybridized carbons (Fsp3) is 0.417. The second kappa shape index (κ2) is 6.30. The van der Waals surface area contributed by atoms with Gasteiger partial charge in [0.1, 0.15) is 11.6 Å². The molecule has 0 radical (unpaired) electrons. The van der Waals surface area contributed by atoms with Crippen LogP contribution in [0.1, 0.15) is 31.4 Å². The molecule has 5 heteroatoms. The van der Waals surface area contributed by atoms with Crippen LogP contribution >= 0.6 is 0 Å².